The second-order valence-electron chi connectivity index (χ2n) is 4.88. The van der Waals surface area contributed by atoms with Gasteiger partial charge in [-0.1, -0.05) is 6.92 Å². The van der Waals surface area contributed by atoms with Gasteiger partial charge in [0.15, 0.2) is 9.84 Å². The lowest BCUT2D eigenvalue weighted by atomic mass is 10.1. The second-order valence-corrected chi connectivity index (χ2v) is 7.11. The minimum atomic E-state index is -2.71. The van der Waals surface area contributed by atoms with E-state index in [9.17, 15) is 8.42 Å². The first-order chi connectivity index (χ1) is 6.55. The van der Waals surface area contributed by atoms with Gasteiger partial charge >= 0.3 is 0 Å². The van der Waals surface area contributed by atoms with Gasteiger partial charge < -0.3 is 5.32 Å². The van der Waals surface area contributed by atoms with Crippen LogP contribution in [0.5, 0.6) is 0 Å². The standard InChI is InChI=1S/C10H19NO2S/c1-8-2-3-9(6-8)11-10-4-5-14(12,13)7-10/h8-11H,2-7H2,1H3/t8-,9-,10-/m1/s1. The first kappa shape index (κ1) is 10.4. The van der Waals surface area contributed by atoms with Crippen molar-refractivity contribution >= 4 is 9.84 Å². The molecular weight excluding hydrogens is 198 g/mol. The summed E-state index contributed by atoms with van der Waals surface area (Å²) in [5.41, 5.74) is 0. The van der Waals surface area contributed by atoms with Gasteiger partial charge in [0.05, 0.1) is 11.5 Å². The van der Waals surface area contributed by atoms with Crippen molar-refractivity contribution in [3.05, 3.63) is 0 Å². The van der Waals surface area contributed by atoms with Crippen LogP contribution in [0.3, 0.4) is 0 Å². The van der Waals surface area contributed by atoms with Crippen molar-refractivity contribution in [3.63, 3.8) is 0 Å². The Morgan fingerprint density at radius 2 is 1.93 bits per heavy atom. The van der Waals surface area contributed by atoms with E-state index in [0.717, 1.165) is 12.3 Å². The zero-order valence-electron chi connectivity index (χ0n) is 8.70. The second kappa shape index (κ2) is 3.81. The first-order valence-corrected chi connectivity index (χ1v) is 7.34. The molecule has 1 aliphatic carbocycles. The van der Waals surface area contributed by atoms with Crippen molar-refractivity contribution in [2.75, 3.05) is 11.5 Å². The van der Waals surface area contributed by atoms with Gasteiger partial charge in [-0.15, -0.1) is 0 Å². The Morgan fingerprint density at radius 1 is 1.14 bits per heavy atom. The molecule has 1 N–H and O–H groups in total. The van der Waals surface area contributed by atoms with Crippen LogP contribution in [0.15, 0.2) is 0 Å². The van der Waals surface area contributed by atoms with Gasteiger partial charge in [0.25, 0.3) is 0 Å². The molecule has 2 aliphatic rings. The van der Waals surface area contributed by atoms with E-state index < -0.39 is 9.84 Å². The lowest BCUT2D eigenvalue weighted by Gasteiger charge is -2.17. The highest BCUT2D eigenvalue weighted by molar-refractivity contribution is 7.91. The van der Waals surface area contributed by atoms with E-state index in [1.165, 1.54) is 19.3 Å². The van der Waals surface area contributed by atoms with Crippen LogP contribution in [0.1, 0.15) is 32.6 Å². The van der Waals surface area contributed by atoms with Gasteiger partial charge in [0.2, 0.25) is 0 Å². The largest absolute Gasteiger partial charge is 0.310 e. The van der Waals surface area contributed by atoms with Crippen molar-refractivity contribution in [2.45, 2.75) is 44.7 Å². The zero-order chi connectivity index (χ0) is 10.2. The summed E-state index contributed by atoms with van der Waals surface area (Å²) in [6.07, 6.45) is 4.54. The number of nitrogens with one attached hydrogen (secondary N) is 1. The molecule has 1 saturated carbocycles. The molecule has 0 amide bonds. The highest BCUT2D eigenvalue weighted by Gasteiger charge is 2.31. The van der Waals surface area contributed by atoms with Crippen molar-refractivity contribution < 1.29 is 8.42 Å². The van der Waals surface area contributed by atoms with Gasteiger partial charge in [-0.3, -0.25) is 0 Å². The van der Waals surface area contributed by atoms with E-state index in [0.29, 0.717) is 17.5 Å². The van der Waals surface area contributed by atoms with Crippen LogP contribution in [-0.2, 0) is 9.84 Å². The molecule has 82 valence electrons. The molecule has 3 nitrogen and oxygen atoms in total. The fraction of sp³-hybridized carbons (Fsp3) is 1.00. The molecule has 2 rings (SSSR count). The summed E-state index contributed by atoms with van der Waals surface area (Å²) in [5.74, 6) is 1.55. The van der Waals surface area contributed by atoms with E-state index >= 15 is 0 Å². The van der Waals surface area contributed by atoms with Crippen LogP contribution in [0.4, 0.5) is 0 Å². The minimum Gasteiger partial charge on any atom is -0.310 e. The summed E-state index contributed by atoms with van der Waals surface area (Å²) in [4.78, 5) is 0. The molecule has 0 bridgehead atoms. The maximum Gasteiger partial charge on any atom is 0.151 e. The SMILES string of the molecule is C[C@@H]1CC[C@@H](N[C@@H]2CCS(=O)(=O)C2)C1. The molecule has 0 aromatic carbocycles. The predicted molar refractivity (Wildman–Crippen MR) is 57.0 cm³/mol. The van der Waals surface area contributed by atoms with Crippen molar-refractivity contribution in [1.82, 2.24) is 5.32 Å². The summed E-state index contributed by atoms with van der Waals surface area (Å²) in [5, 5.41) is 3.48. The van der Waals surface area contributed by atoms with E-state index in [-0.39, 0.29) is 6.04 Å². The number of rotatable bonds is 2. The molecule has 1 saturated heterocycles. The number of hydrogen-bond donors (Lipinski definition) is 1. The molecule has 3 atom stereocenters. The van der Waals surface area contributed by atoms with Crippen LogP contribution in [-0.4, -0.2) is 32.0 Å². The Balaban J connectivity index is 1.82. The monoisotopic (exact) mass is 217 g/mol. The summed E-state index contributed by atoms with van der Waals surface area (Å²) in [6, 6.07) is 0.804. The number of sulfone groups is 1. The van der Waals surface area contributed by atoms with E-state index in [4.69, 9.17) is 0 Å². The smallest absolute Gasteiger partial charge is 0.151 e. The Kier molecular flexibility index (Phi) is 2.84. The molecule has 0 aromatic rings. The molecule has 0 aromatic heterocycles. The Bertz CT molecular complexity index is 299. The summed E-state index contributed by atoms with van der Waals surface area (Å²) >= 11 is 0. The normalized spacial score (nSPS) is 41.6. The van der Waals surface area contributed by atoms with E-state index in [1.54, 1.807) is 0 Å². The van der Waals surface area contributed by atoms with Gasteiger partial charge in [0, 0.05) is 12.1 Å². The van der Waals surface area contributed by atoms with Crippen molar-refractivity contribution in [2.24, 2.45) is 5.92 Å². The molecule has 4 heteroatoms. The molecule has 1 heterocycles. The summed E-state index contributed by atoms with van der Waals surface area (Å²) < 4.78 is 22.5. The highest BCUT2D eigenvalue weighted by atomic mass is 32.2. The first-order valence-electron chi connectivity index (χ1n) is 5.51. The quantitative estimate of drug-likeness (QED) is 0.749. The maximum absolute atomic E-state index is 11.2. The van der Waals surface area contributed by atoms with E-state index in [2.05, 4.69) is 12.2 Å². The molecule has 2 fully saturated rings. The van der Waals surface area contributed by atoms with Crippen LogP contribution in [0, 0.1) is 5.92 Å². The Hall–Kier alpha value is -0.0900. The summed E-state index contributed by atoms with van der Waals surface area (Å²) in [7, 11) is -2.71. The zero-order valence-corrected chi connectivity index (χ0v) is 9.52. The average Bonchev–Trinajstić information content (AvgIpc) is 2.59. The lowest BCUT2D eigenvalue weighted by Crippen LogP contribution is -2.37. The van der Waals surface area contributed by atoms with E-state index in [1.807, 2.05) is 0 Å². The summed E-state index contributed by atoms with van der Waals surface area (Å²) in [6.45, 7) is 2.27. The Morgan fingerprint density at radius 3 is 2.43 bits per heavy atom. The lowest BCUT2D eigenvalue weighted by molar-refractivity contribution is 0.443. The van der Waals surface area contributed by atoms with Crippen molar-refractivity contribution in [1.29, 1.82) is 0 Å². The van der Waals surface area contributed by atoms with Crippen LogP contribution in [0.25, 0.3) is 0 Å². The topological polar surface area (TPSA) is 46.2 Å². The third kappa shape index (κ3) is 2.48. The fourth-order valence-electron chi connectivity index (χ4n) is 2.62. The van der Waals surface area contributed by atoms with Crippen LogP contribution >= 0.6 is 0 Å². The van der Waals surface area contributed by atoms with Crippen molar-refractivity contribution in [3.8, 4) is 0 Å². The van der Waals surface area contributed by atoms with Crippen LogP contribution in [0.2, 0.25) is 0 Å². The highest BCUT2D eigenvalue weighted by Crippen LogP contribution is 2.26. The van der Waals surface area contributed by atoms with Gasteiger partial charge in [-0.05, 0) is 31.6 Å². The number of hydrogen-bond acceptors (Lipinski definition) is 3. The molecule has 14 heavy (non-hydrogen) atoms. The van der Waals surface area contributed by atoms with Gasteiger partial charge in [-0.25, -0.2) is 8.42 Å². The third-order valence-electron chi connectivity index (χ3n) is 3.40. The average molecular weight is 217 g/mol. The van der Waals surface area contributed by atoms with Gasteiger partial charge in [0.1, 0.15) is 0 Å². The molecular formula is C10H19NO2S. The molecule has 0 spiro atoms. The molecule has 1 aliphatic heterocycles. The fourth-order valence-corrected chi connectivity index (χ4v) is 4.30. The van der Waals surface area contributed by atoms with Gasteiger partial charge in [-0.2, -0.15) is 0 Å². The Labute approximate surface area is 86.2 Å². The maximum atomic E-state index is 11.2. The van der Waals surface area contributed by atoms with Crippen LogP contribution < -0.4 is 5.32 Å². The molecule has 0 unspecified atom stereocenters. The molecule has 0 radical (unpaired) electrons. The third-order valence-corrected chi connectivity index (χ3v) is 5.17. The minimum absolute atomic E-state index is 0.232. The predicted octanol–water partition coefficient (Wildman–Crippen LogP) is 0.952.